The highest BCUT2D eigenvalue weighted by atomic mass is 79.9. The van der Waals surface area contributed by atoms with Crippen LogP contribution in [0, 0.1) is 10.1 Å². The summed E-state index contributed by atoms with van der Waals surface area (Å²) >= 11 is 3.02. The number of anilines is 1. The fraction of sp³-hybridized carbons (Fsp3) is 0.400. The van der Waals surface area contributed by atoms with E-state index in [2.05, 4.69) is 26.2 Å². The maximum atomic E-state index is 11.5. The molecule has 1 heterocycles. The number of nitrogens with zero attached hydrogens (tertiary/aromatic N) is 2. The Morgan fingerprint density at radius 2 is 2.11 bits per heavy atom. The molecule has 0 aliphatic heterocycles. The lowest BCUT2D eigenvalue weighted by atomic mass is 10.2. The zero-order valence-corrected chi connectivity index (χ0v) is 11.6. The number of carbonyl (C=O) groups is 1. The van der Waals surface area contributed by atoms with Gasteiger partial charge in [0.25, 0.3) is 0 Å². The third kappa shape index (κ3) is 4.28. The number of amides is 1. The van der Waals surface area contributed by atoms with Crippen LogP contribution in [0.25, 0.3) is 0 Å². The van der Waals surface area contributed by atoms with E-state index in [1.807, 2.05) is 0 Å². The van der Waals surface area contributed by atoms with Crippen LogP contribution in [0.1, 0.15) is 20.8 Å². The number of nitrogens with one attached hydrogen (secondary N) is 1. The van der Waals surface area contributed by atoms with E-state index in [4.69, 9.17) is 4.74 Å². The summed E-state index contributed by atoms with van der Waals surface area (Å²) in [5.74, 6) is -0.449. The molecule has 0 saturated carbocycles. The topological polar surface area (TPSA) is 94.4 Å². The van der Waals surface area contributed by atoms with E-state index in [1.165, 1.54) is 12.1 Å². The van der Waals surface area contributed by atoms with Crippen molar-refractivity contribution >= 4 is 33.5 Å². The number of pyridine rings is 1. The van der Waals surface area contributed by atoms with Gasteiger partial charge in [0, 0.05) is 15.9 Å². The molecule has 98 valence electrons. The maximum absolute atomic E-state index is 11.5. The van der Waals surface area contributed by atoms with Crippen molar-refractivity contribution in [3.05, 3.63) is 26.9 Å². The van der Waals surface area contributed by atoms with E-state index in [9.17, 15) is 14.9 Å². The van der Waals surface area contributed by atoms with Gasteiger partial charge in [-0.1, -0.05) is 0 Å². The highest BCUT2D eigenvalue weighted by Gasteiger charge is 2.22. The number of halogens is 1. The maximum Gasteiger partial charge on any atom is 0.412 e. The zero-order chi connectivity index (χ0) is 13.9. The van der Waals surface area contributed by atoms with Crippen LogP contribution in [0.5, 0.6) is 0 Å². The molecule has 0 aliphatic carbocycles. The van der Waals surface area contributed by atoms with Gasteiger partial charge in [0.1, 0.15) is 11.3 Å². The Bertz CT molecular complexity index is 485. The zero-order valence-electron chi connectivity index (χ0n) is 10.1. The molecule has 1 aromatic heterocycles. The lowest BCUT2D eigenvalue weighted by Gasteiger charge is -2.19. The number of rotatable bonds is 2. The molecular weight excluding hydrogens is 306 g/mol. The van der Waals surface area contributed by atoms with Gasteiger partial charge in [-0.05, 0) is 42.8 Å². The summed E-state index contributed by atoms with van der Waals surface area (Å²) < 4.78 is 5.30. The summed E-state index contributed by atoms with van der Waals surface area (Å²) in [5.41, 5.74) is -0.695. The molecule has 1 N–H and O–H groups in total. The molecule has 7 nitrogen and oxygen atoms in total. The van der Waals surface area contributed by atoms with Gasteiger partial charge in [-0.25, -0.2) is 4.79 Å². The molecule has 0 radical (unpaired) electrons. The highest BCUT2D eigenvalue weighted by molar-refractivity contribution is 9.10. The van der Waals surface area contributed by atoms with E-state index in [0.29, 0.717) is 4.60 Å². The average Bonchev–Trinajstić information content (AvgIpc) is 2.17. The molecule has 0 spiro atoms. The first-order valence-electron chi connectivity index (χ1n) is 5.00. The second-order valence-electron chi connectivity index (χ2n) is 4.39. The third-order valence-corrected chi connectivity index (χ3v) is 2.09. The van der Waals surface area contributed by atoms with Crippen LogP contribution in [0.4, 0.5) is 16.3 Å². The summed E-state index contributed by atoms with van der Waals surface area (Å²) in [6.07, 6.45) is -0.769. The molecule has 8 heteroatoms. The fourth-order valence-electron chi connectivity index (χ4n) is 1.08. The van der Waals surface area contributed by atoms with Crippen LogP contribution in [-0.2, 0) is 4.74 Å². The van der Waals surface area contributed by atoms with Crippen molar-refractivity contribution in [2.45, 2.75) is 26.4 Å². The van der Waals surface area contributed by atoms with Gasteiger partial charge in [-0.15, -0.1) is 0 Å². The van der Waals surface area contributed by atoms with E-state index < -0.39 is 22.4 Å². The minimum absolute atomic E-state index is 0.0162. The van der Waals surface area contributed by atoms with Crippen molar-refractivity contribution in [3.63, 3.8) is 0 Å². The van der Waals surface area contributed by atoms with Crippen LogP contribution in [0.15, 0.2) is 16.7 Å². The molecule has 1 rings (SSSR count). The van der Waals surface area contributed by atoms with Crippen molar-refractivity contribution in [1.82, 2.24) is 4.98 Å². The monoisotopic (exact) mass is 317 g/mol. The first-order chi connectivity index (χ1) is 8.19. The van der Waals surface area contributed by atoms with Crippen molar-refractivity contribution in [2.75, 3.05) is 5.32 Å². The molecule has 1 amide bonds. The first kappa shape index (κ1) is 14.4. The lowest BCUT2D eigenvalue weighted by Crippen LogP contribution is -2.27. The predicted molar refractivity (Wildman–Crippen MR) is 68.4 cm³/mol. The third-order valence-electron chi connectivity index (χ3n) is 1.65. The van der Waals surface area contributed by atoms with Crippen molar-refractivity contribution in [2.24, 2.45) is 0 Å². The average molecular weight is 318 g/mol. The largest absolute Gasteiger partial charge is 0.444 e. The number of carbonyl (C=O) groups excluding carboxylic acids is 1. The van der Waals surface area contributed by atoms with Gasteiger partial charge in [0.2, 0.25) is 4.60 Å². The predicted octanol–water partition coefficient (Wildman–Crippen LogP) is 3.10. The molecular formula is C10H12BrN3O4. The minimum atomic E-state index is -0.769. The van der Waals surface area contributed by atoms with Crippen LogP contribution in [0.3, 0.4) is 0 Å². The highest BCUT2D eigenvalue weighted by Crippen LogP contribution is 2.24. The molecule has 0 bridgehead atoms. The summed E-state index contributed by atoms with van der Waals surface area (Å²) in [7, 11) is 0. The lowest BCUT2D eigenvalue weighted by molar-refractivity contribution is -0.388. The standard InChI is InChI=1S/C10H12BrN3O4/c1-10(2,3)18-9(15)12-6-4-5-7(11)13-8(6)14(16)17/h4-5H,1-3H3,(H,12,15). The van der Waals surface area contributed by atoms with Gasteiger partial charge in [-0.2, -0.15) is 0 Å². The molecule has 0 aromatic carbocycles. The minimum Gasteiger partial charge on any atom is -0.444 e. The van der Waals surface area contributed by atoms with E-state index >= 15 is 0 Å². The summed E-state index contributed by atoms with van der Waals surface area (Å²) in [6, 6.07) is 2.86. The van der Waals surface area contributed by atoms with Crippen LogP contribution in [-0.4, -0.2) is 21.6 Å². The second kappa shape index (κ2) is 5.30. The summed E-state index contributed by atoms with van der Waals surface area (Å²) in [6.45, 7) is 5.09. The van der Waals surface area contributed by atoms with Gasteiger partial charge in [0.05, 0.1) is 0 Å². The SMILES string of the molecule is CC(C)(C)OC(=O)Nc1ccc(Br)nc1[N+](=O)[O-]. The van der Waals surface area contributed by atoms with E-state index in [-0.39, 0.29) is 5.69 Å². The Labute approximate surface area is 112 Å². The van der Waals surface area contributed by atoms with Crippen molar-refractivity contribution in [3.8, 4) is 0 Å². The number of nitro groups is 1. The molecule has 0 unspecified atom stereocenters. The summed E-state index contributed by atoms with van der Waals surface area (Å²) in [5, 5.41) is 13.1. The first-order valence-corrected chi connectivity index (χ1v) is 5.79. The Kier molecular flexibility index (Phi) is 4.23. The van der Waals surface area contributed by atoms with Crippen LogP contribution >= 0.6 is 15.9 Å². The molecule has 0 fully saturated rings. The smallest absolute Gasteiger partial charge is 0.412 e. The second-order valence-corrected chi connectivity index (χ2v) is 5.20. The Balaban J connectivity index is 2.91. The molecule has 0 atom stereocenters. The van der Waals surface area contributed by atoms with Crippen molar-refractivity contribution in [1.29, 1.82) is 0 Å². The Hall–Kier alpha value is -1.70. The van der Waals surface area contributed by atoms with Crippen molar-refractivity contribution < 1.29 is 14.5 Å². The molecule has 1 aromatic rings. The Morgan fingerprint density at radius 3 is 2.61 bits per heavy atom. The van der Waals surface area contributed by atoms with Gasteiger partial charge in [-0.3, -0.25) is 5.32 Å². The molecule has 0 saturated heterocycles. The number of hydrogen-bond donors (Lipinski definition) is 1. The summed E-state index contributed by atoms with van der Waals surface area (Å²) in [4.78, 5) is 25.2. The number of hydrogen-bond acceptors (Lipinski definition) is 5. The van der Waals surface area contributed by atoms with Gasteiger partial charge in [0.15, 0.2) is 0 Å². The number of aromatic nitrogens is 1. The van der Waals surface area contributed by atoms with E-state index in [1.54, 1.807) is 20.8 Å². The van der Waals surface area contributed by atoms with Crippen LogP contribution < -0.4 is 5.32 Å². The van der Waals surface area contributed by atoms with E-state index in [0.717, 1.165) is 0 Å². The normalized spacial score (nSPS) is 10.9. The number of ether oxygens (including phenoxy) is 1. The fourth-order valence-corrected chi connectivity index (χ4v) is 1.38. The quantitative estimate of drug-likeness (QED) is 0.513. The van der Waals surface area contributed by atoms with Gasteiger partial charge < -0.3 is 14.9 Å². The van der Waals surface area contributed by atoms with Gasteiger partial charge >= 0.3 is 11.9 Å². The molecule has 0 aliphatic rings. The van der Waals surface area contributed by atoms with Crippen LogP contribution in [0.2, 0.25) is 0 Å². The molecule has 18 heavy (non-hydrogen) atoms. The Morgan fingerprint density at radius 1 is 1.50 bits per heavy atom.